The second-order valence-electron chi connectivity index (χ2n) is 3.31. The molecule has 0 aromatic heterocycles. The number of nitrogens with zero attached hydrogens (tertiary/aromatic N) is 1. The lowest BCUT2D eigenvalue weighted by Gasteiger charge is -2.31. The summed E-state index contributed by atoms with van der Waals surface area (Å²) in [5, 5.41) is 0. The van der Waals surface area contributed by atoms with Crippen LogP contribution < -0.4 is 0 Å². The summed E-state index contributed by atoms with van der Waals surface area (Å²) >= 11 is 0. The molecule has 0 aliphatic carbocycles. The lowest BCUT2D eigenvalue weighted by molar-refractivity contribution is 0.346. The van der Waals surface area contributed by atoms with Crippen molar-refractivity contribution in [3.05, 3.63) is 24.0 Å². The van der Waals surface area contributed by atoms with Gasteiger partial charge in [-0.2, -0.15) is 0 Å². The van der Waals surface area contributed by atoms with Gasteiger partial charge in [0.05, 0.1) is 0 Å². The van der Waals surface area contributed by atoms with Gasteiger partial charge in [0.25, 0.3) is 0 Å². The SMILES string of the molecule is C=C(CC)N(/C(C)=C\C)C(C)C. The maximum absolute atomic E-state index is 4.05. The van der Waals surface area contributed by atoms with Crippen molar-refractivity contribution < 1.29 is 0 Å². The minimum atomic E-state index is 0.508. The van der Waals surface area contributed by atoms with Crippen LogP contribution in [-0.2, 0) is 0 Å². The van der Waals surface area contributed by atoms with Gasteiger partial charge in [0, 0.05) is 17.4 Å². The molecule has 0 amide bonds. The minimum Gasteiger partial charge on any atom is -0.347 e. The molecule has 1 heteroatoms. The summed E-state index contributed by atoms with van der Waals surface area (Å²) < 4.78 is 0. The van der Waals surface area contributed by atoms with Crippen molar-refractivity contribution in [2.24, 2.45) is 0 Å². The first-order valence-corrected chi connectivity index (χ1v) is 4.64. The van der Waals surface area contributed by atoms with Gasteiger partial charge in [-0.05, 0) is 34.1 Å². The molecule has 0 spiro atoms. The molecule has 12 heavy (non-hydrogen) atoms. The average Bonchev–Trinajstić information content (AvgIpc) is 2.03. The van der Waals surface area contributed by atoms with E-state index < -0.39 is 0 Å². The molecule has 0 radical (unpaired) electrons. The summed E-state index contributed by atoms with van der Waals surface area (Å²) in [5.41, 5.74) is 2.48. The van der Waals surface area contributed by atoms with Crippen LogP contribution in [0.1, 0.15) is 41.0 Å². The number of hydrogen-bond acceptors (Lipinski definition) is 1. The Morgan fingerprint density at radius 2 is 2.00 bits per heavy atom. The van der Waals surface area contributed by atoms with Gasteiger partial charge in [-0.15, -0.1) is 0 Å². The van der Waals surface area contributed by atoms with Gasteiger partial charge in [0.2, 0.25) is 0 Å². The molecule has 0 saturated carbocycles. The summed E-state index contributed by atoms with van der Waals surface area (Å²) in [5.74, 6) is 0. The Hall–Kier alpha value is -0.720. The van der Waals surface area contributed by atoms with Crippen molar-refractivity contribution in [1.82, 2.24) is 4.90 Å². The monoisotopic (exact) mass is 167 g/mol. The smallest absolute Gasteiger partial charge is 0.0278 e. The van der Waals surface area contributed by atoms with Gasteiger partial charge >= 0.3 is 0 Å². The Kier molecular flexibility index (Phi) is 4.72. The fraction of sp³-hybridized carbons (Fsp3) is 0.636. The van der Waals surface area contributed by atoms with E-state index in [4.69, 9.17) is 0 Å². The van der Waals surface area contributed by atoms with Gasteiger partial charge in [0.1, 0.15) is 0 Å². The molecule has 0 unspecified atom stereocenters. The zero-order chi connectivity index (χ0) is 9.72. The zero-order valence-electron chi connectivity index (χ0n) is 9.02. The predicted molar refractivity (Wildman–Crippen MR) is 55.8 cm³/mol. The lowest BCUT2D eigenvalue weighted by atomic mass is 10.2. The molecule has 0 rings (SSSR count). The van der Waals surface area contributed by atoms with Crippen molar-refractivity contribution in [2.75, 3.05) is 0 Å². The topological polar surface area (TPSA) is 3.24 Å². The molecule has 0 N–H and O–H groups in total. The third-order valence-electron chi connectivity index (χ3n) is 2.06. The summed E-state index contributed by atoms with van der Waals surface area (Å²) in [6.07, 6.45) is 3.14. The molecule has 0 fully saturated rings. The van der Waals surface area contributed by atoms with Crippen LogP contribution in [0.5, 0.6) is 0 Å². The van der Waals surface area contributed by atoms with E-state index in [9.17, 15) is 0 Å². The molecular weight excluding hydrogens is 146 g/mol. The van der Waals surface area contributed by atoms with Crippen LogP contribution in [-0.4, -0.2) is 10.9 Å². The zero-order valence-corrected chi connectivity index (χ0v) is 9.02. The highest BCUT2D eigenvalue weighted by Crippen LogP contribution is 2.17. The molecular formula is C11H21N. The second kappa shape index (κ2) is 5.02. The highest BCUT2D eigenvalue weighted by atomic mass is 15.2. The summed E-state index contributed by atoms with van der Waals surface area (Å²) in [7, 11) is 0. The van der Waals surface area contributed by atoms with Crippen LogP contribution in [0, 0.1) is 0 Å². The highest BCUT2D eigenvalue weighted by Gasteiger charge is 2.10. The summed E-state index contributed by atoms with van der Waals surface area (Å²) in [4.78, 5) is 2.28. The van der Waals surface area contributed by atoms with Crippen molar-refractivity contribution in [2.45, 2.75) is 47.1 Å². The van der Waals surface area contributed by atoms with E-state index in [1.54, 1.807) is 0 Å². The molecule has 0 aromatic carbocycles. The molecule has 0 atom stereocenters. The Labute approximate surface area is 76.8 Å². The normalized spacial score (nSPS) is 12.0. The molecule has 0 saturated heterocycles. The van der Waals surface area contributed by atoms with Crippen LogP contribution >= 0.6 is 0 Å². The highest BCUT2D eigenvalue weighted by molar-refractivity contribution is 5.08. The number of rotatable bonds is 4. The van der Waals surface area contributed by atoms with Crippen LogP contribution in [0.2, 0.25) is 0 Å². The predicted octanol–water partition coefficient (Wildman–Crippen LogP) is 3.54. The number of hydrogen-bond donors (Lipinski definition) is 0. The molecule has 0 aliphatic heterocycles. The fourth-order valence-electron chi connectivity index (χ4n) is 1.33. The van der Waals surface area contributed by atoms with Crippen molar-refractivity contribution in [3.63, 3.8) is 0 Å². The van der Waals surface area contributed by atoms with E-state index in [0.717, 1.165) is 6.42 Å². The molecule has 1 nitrogen and oxygen atoms in total. The maximum Gasteiger partial charge on any atom is 0.0278 e. The van der Waals surface area contributed by atoms with Gasteiger partial charge in [0.15, 0.2) is 0 Å². The first-order valence-electron chi connectivity index (χ1n) is 4.64. The van der Waals surface area contributed by atoms with Crippen LogP contribution in [0.15, 0.2) is 24.0 Å². The molecule has 70 valence electrons. The minimum absolute atomic E-state index is 0.508. The van der Waals surface area contributed by atoms with E-state index in [1.165, 1.54) is 11.4 Å². The quantitative estimate of drug-likeness (QED) is 0.619. The largest absolute Gasteiger partial charge is 0.347 e. The van der Waals surface area contributed by atoms with E-state index in [2.05, 4.69) is 52.2 Å². The number of allylic oxidation sites excluding steroid dienone is 3. The first-order chi connectivity index (χ1) is 5.54. The molecule has 0 aliphatic rings. The molecule has 0 aromatic rings. The van der Waals surface area contributed by atoms with Crippen LogP contribution in [0.4, 0.5) is 0 Å². The standard InChI is InChI=1S/C11H21N/c1-7-10(5)12(9(3)4)11(6)8-2/h8-9H,5,7H2,1-4,6H3/b11-8-. The van der Waals surface area contributed by atoms with Crippen molar-refractivity contribution >= 4 is 0 Å². The van der Waals surface area contributed by atoms with E-state index in [-0.39, 0.29) is 0 Å². The fourth-order valence-corrected chi connectivity index (χ4v) is 1.33. The Morgan fingerprint density at radius 3 is 2.25 bits per heavy atom. The Bertz CT molecular complexity index is 177. The maximum atomic E-state index is 4.05. The third-order valence-corrected chi connectivity index (χ3v) is 2.06. The van der Waals surface area contributed by atoms with Gasteiger partial charge in [-0.3, -0.25) is 0 Å². The van der Waals surface area contributed by atoms with Gasteiger partial charge in [-0.1, -0.05) is 19.6 Å². The second-order valence-corrected chi connectivity index (χ2v) is 3.31. The Balaban J connectivity index is 4.55. The first kappa shape index (κ1) is 11.3. The molecule has 0 bridgehead atoms. The summed E-state index contributed by atoms with van der Waals surface area (Å²) in [6, 6.07) is 0.508. The Morgan fingerprint density at radius 1 is 1.50 bits per heavy atom. The van der Waals surface area contributed by atoms with Crippen LogP contribution in [0.3, 0.4) is 0 Å². The third kappa shape index (κ3) is 2.72. The lowest BCUT2D eigenvalue weighted by Crippen LogP contribution is -2.27. The van der Waals surface area contributed by atoms with E-state index >= 15 is 0 Å². The van der Waals surface area contributed by atoms with E-state index in [0.29, 0.717) is 6.04 Å². The van der Waals surface area contributed by atoms with Crippen molar-refractivity contribution in [1.29, 1.82) is 0 Å². The van der Waals surface area contributed by atoms with Crippen molar-refractivity contribution in [3.8, 4) is 0 Å². The van der Waals surface area contributed by atoms with E-state index in [1.807, 2.05) is 0 Å². The van der Waals surface area contributed by atoms with Crippen LogP contribution in [0.25, 0.3) is 0 Å². The molecule has 0 heterocycles. The average molecular weight is 167 g/mol. The van der Waals surface area contributed by atoms with Gasteiger partial charge < -0.3 is 4.90 Å². The van der Waals surface area contributed by atoms with Gasteiger partial charge in [-0.25, -0.2) is 0 Å². The summed E-state index contributed by atoms with van der Waals surface area (Å²) in [6.45, 7) is 14.8.